The number of nitrogens with one attached hydrogen (secondary N) is 1. The third-order valence-electron chi connectivity index (χ3n) is 2.66. The molecule has 0 aliphatic carbocycles. The summed E-state index contributed by atoms with van der Waals surface area (Å²) in [6, 6.07) is 5.57. The highest BCUT2D eigenvalue weighted by molar-refractivity contribution is 5.71. The summed E-state index contributed by atoms with van der Waals surface area (Å²) in [7, 11) is 0. The Labute approximate surface area is 110 Å². The lowest BCUT2D eigenvalue weighted by Gasteiger charge is -2.13. The molecule has 2 rings (SSSR count). The van der Waals surface area contributed by atoms with E-state index in [9.17, 15) is 9.18 Å². The molecule has 0 aromatic heterocycles. The number of hydrogen-bond donors (Lipinski definition) is 1. The van der Waals surface area contributed by atoms with Crippen molar-refractivity contribution < 1.29 is 13.9 Å². The summed E-state index contributed by atoms with van der Waals surface area (Å²) < 4.78 is 18.0. The van der Waals surface area contributed by atoms with Crippen LogP contribution in [-0.4, -0.2) is 18.9 Å². The molecule has 1 aliphatic heterocycles. The summed E-state index contributed by atoms with van der Waals surface area (Å²) in [5, 5.41) is 2.67. The smallest absolute Gasteiger partial charge is 0.408 e. The highest BCUT2D eigenvalue weighted by Crippen LogP contribution is 2.27. The van der Waals surface area contributed by atoms with Crippen molar-refractivity contribution in [2.75, 3.05) is 0 Å². The topological polar surface area (TPSA) is 50.7 Å². The van der Waals surface area contributed by atoms with Crippen molar-refractivity contribution >= 4 is 12.8 Å². The number of carbonyl (C=O) groups is 1. The Morgan fingerprint density at radius 1 is 1.32 bits per heavy atom. The number of halogens is 1. The Kier molecular flexibility index (Phi) is 4.07. The van der Waals surface area contributed by atoms with Crippen LogP contribution in [0.3, 0.4) is 0 Å². The lowest BCUT2D eigenvalue weighted by atomic mass is 10.0. The first-order valence-electron chi connectivity index (χ1n) is 5.72. The van der Waals surface area contributed by atoms with Gasteiger partial charge < -0.3 is 10.1 Å². The fourth-order valence-corrected chi connectivity index (χ4v) is 1.81. The van der Waals surface area contributed by atoms with Gasteiger partial charge in [0.15, 0.2) is 6.10 Å². The molecule has 1 heterocycles. The molecule has 19 heavy (non-hydrogen) atoms. The molecule has 1 saturated heterocycles. The molecule has 0 spiro atoms. The first-order valence-corrected chi connectivity index (χ1v) is 5.72. The Morgan fingerprint density at radius 3 is 2.74 bits per heavy atom. The first-order chi connectivity index (χ1) is 9.20. The highest BCUT2D eigenvalue weighted by Gasteiger charge is 2.33. The number of hydrogen-bond acceptors (Lipinski definition) is 3. The summed E-state index contributed by atoms with van der Waals surface area (Å²) in [6.45, 7) is 3.31. The van der Waals surface area contributed by atoms with E-state index in [-0.39, 0.29) is 11.9 Å². The van der Waals surface area contributed by atoms with Crippen molar-refractivity contribution in [3.05, 3.63) is 60.1 Å². The fourth-order valence-electron chi connectivity index (χ4n) is 1.81. The lowest BCUT2D eigenvalue weighted by molar-refractivity contribution is 0.136. The molecular formula is C14H13FN2O2. The van der Waals surface area contributed by atoms with Gasteiger partial charge in [-0.15, -0.1) is 0 Å². The Balaban J connectivity index is 2.15. The average molecular weight is 260 g/mol. The number of ether oxygens (including phenoxy) is 1. The second-order valence-electron chi connectivity index (χ2n) is 3.96. The monoisotopic (exact) mass is 260 g/mol. The summed E-state index contributed by atoms with van der Waals surface area (Å²) in [6.07, 6.45) is 5.79. The second-order valence-corrected chi connectivity index (χ2v) is 3.96. The fraction of sp³-hybridized carbons (Fsp3) is 0.143. The quantitative estimate of drug-likeness (QED) is 0.668. The molecule has 2 atom stereocenters. The van der Waals surface area contributed by atoms with E-state index in [1.165, 1.54) is 18.3 Å². The summed E-state index contributed by atoms with van der Waals surface area (Å²) >= 11 is 0. The number of carbonyl (C=O) groups excluding carboxylic acids is 1. The normalized spacial score (nSPS) is 22.7. The van der Waals surface area contributed by atoms with Crippen LogP contribution in [-0.2, 0) is 4.74 Å². The van der Waals surface area contributed by atoms with E-state index in [1.807, 2.05) is 0 Å². The van der Waals surface area contributed by atoms with Crippen molar-refractivity contribution in [3.63, 3.8) is 0 Å². The van der Waals surface area contributed by atoms with Crippen LogP contribution in [0.15, 0.2) is 53.7 Å². The van der Waals surface area contributed by atoms with Crippen LogP contribution in [0.2, 0.25) is 0 Å². The molecule has 98 valence electrons. The number of aliphatic imine (C=N–C) groups is 1. The lowest BCUT2D eigenvalue weighted by Crippen LogP contribution is -2.25. The van der Waals surface area contributed by atoms with Crippen molar-refractivity contribution in [3.8, 4) is 0 Å². The van der Waals surface area contributed by atoms with E-state index in [2.05, 4.69) is 17.0 Å². The summed E-state index contributed by atoms with van der Waals surface area (Å²) in [5.41, 5.74) is 0.736. The van der Waals surface area contributed by atoms with Gasteiger partial charge in [0.2, 0.25) is 0 Å². The second kappa shape index (κ2) is 5.95. The Hall–Kier alpha value is -2.43. The van der Waals surface area contributed by atoms with Crippen molar-refractivity contribution in [2.24, 2.45) is 4.99 Å². The molecule has 0 bridgehead atoms. The third kappa shape index (κ3) is 3.28. The minimum atomic E-state index is -0.491. The molecule has 1 fully saturated rings. The minimum absolute atomic E-state index is 0.299. The van der Waals surface area contributed by atoms with Gasteiger partial charge in [-0.1, -0.05) is 24.3 Å². The molecule has 1 amide bonds. The van der Waals surface area contributed by atoms with Crippen LogP contribution in [0.25, 0.3) is 0 Å². The van der Waals surface area contributed by atoms with Crippen LogP contribution >= 0.6 is 0 Å². The summed E-state index contributed by atoms with van der Waals surface area (Å²) in [4.78, 5) is 14.9. The predicted molar refractivity (Wildman–Crippen MR) is 70.4 cm³/mol. The highest BCUT2D eigenvalue weighted by atomic mass is 19.1. The molecule has 1 aromatic rings. The van der Waals surface area contributed by atoms with E-state index < -0.39 is 12.2 Å². The SMILES string of the molecule is C=N/C=C\C=C\[C@H]1NC(=O)O[C@@H]1c1ccc(F)cc1. The number of amides is 1. The van der Waals surface area contributed by atoms with E-state index in [1.54, 1.807) is 30.4 Å². The predicted octanol–water partition coefficient (Wildman–Crippen LogP) is 2.75. The van der Waals surface area contributed by atoms with Crippen molar-refractivity contribution in [1.29, 1.82) is 0 Å². The van der Waals surface area contributed by atoms with E-state index in [0.29, 0.717) is 0 Å². The molecule has 0 saturated carbocycles. The zero-order valence-electron chi connectivity index (χ0n) is 10.1. The number of benzene rings is 1. The van der Waals surface area contributed by atoms with Gasteiger partial charge in [-0.2, -0.15) is 0 Å². The van der Waals surface area contributed by atoms with Crippen LogP contribution in [0, 0.1) is 5.82 Å². The van der Waals surface area contributed by atoms with Gasteiger partial charge in [-0.25, -0.2) is 9.18 Å². The number of alkyl carbamates (subject to hydrolysis) is 1. The van der Waals surface area contributed by atoms with Gasteiger partial charge in [-0.3, -0.25) is 4.99 Å². The largest absolute Gasteiger partial charge is 0.439 e. The zero-order valence-corrected chi connectivity index (χ0v) is 10.1. The summed E-state index contributed by atoms with van der Waals surface area (Å²) in [5.74, 6) is -0.326. The van der Waals surface area contributed by atoms with Crippen molar-refractivity contribution in [1.82, 2.24) is 5.32 Å². The van der Waals surface area contributed by atoms with Crippen LogP contribution < -0.4 is 5.32 Å². The van der Waals surface area contributed by atoms with Gasteiger partial charge in [-0.05, 0) is 30.5 Å². The van der Waals surface area contributed by atoms with Crippen LogP contribution in [0.1, 0.15) is 11.7 Å². The van der Waals surface area contributed by atoms with E-state index in [0.717, 1.165) is 5.56 Å². The number of nitrogens with zero attached hydrogens (tertiary/aromatic N) is 1. The Bertz CT molecular complexity index is 523. The maximum atomic E-state index is 12.9. The molecule has 1 aromatic carbocycles. The van der Waals surface area contributed by atoms with Gasteiger partial charge in [0.25, 0.3) is 0 Å². The standard InChI is InChI=1S/C14H13FN2O2/c1-16-9-3-2-4-12-13(19-14(18)17-12)10-5-7-11(15)8-6-10/h2-9,12-13H,1H2,(H,17,18)/b4-2+,9-3-/t12-,13-/m1/s1. The third-order valence-corrected chi connectivity index (χ3v) is 2.66. The molecule has 1 aliphatic rings. The maximum absolute atomic E-state index is 12.9. The molecule has 1 N–H and O–H groups in total. The molecular weight excluding hydrogens is 247 g/mol. The first kappa shape index (κ1) is 13.0. The minimum Gasteiger partial charge on any atom is -0.439 e. The van der Waals surface area contributed by atoms with Crippen LogP contribution in [0.4, 0.5) is 9.18 Å². The number of cyclic esters (lactones) is 1. The Morgan fingerprint density at radius 2 is 2.05 bits per heavy atom. The van der Waals surface area contributed by atoms with E-state index >= 15 is 0 Å². The average Bonchev–Trinajstić information content (AvgIpc) is 2.77. The van der Waals surface area contributed by atoms with Gasteiger partial charge in [0, 0.05) is 6.20 Å². The van der Waals surface area contributed by atoms with Crippen LogP contribution in [0.5, 0.6) is 0 Å². The molecule has 0 unspecified atom stereocenters. The zero-order chi connectivity index (χ0) is 13.7. The molecule has 4 nitrogen and oxygen atoms in total. The molecule has 0 radical (unpaired) electrons. The van der Waals surface area contributed by atoms with E-state index in [4.69, 9.17) is 4.74 Å². The van der Waals surface area contributed by atoms with Gasteiger partial charge in [0.1, 0.15) is 5.82 Å². The maximum Gasteiger partial charge on any atom is 0.408 e. The van der Waals surface area contributed by atoms with Gasteiger partial charge in [0.05, 0.1) is 6.04 Å². The number of rotatable bonds is 4. The van der Waals surface area contributed by atoms with Crippen molar-refractivity contribution in [2.45, 2.75) is 12.1 Å². The van der Waals surface area contributed by atoms with Gasteiger partial charge >= 0.3 is 6.09 Å². The number of allylic oxidation sites excluding steroid dienone is 2. The molecule has 5 heteroatoms.